The number of hydrogen-bond acceptors (Lipinski definition) is 6. The summed E-state index contributed by atoms with van der Waals surface area (Å²) < 4.78 is 11.8. The first kappa shape index (κ1) is 25.4. The van der Waals surface area contributed by atoms with Gasteiger partial charge in [-0.2, -0.15) is 0 Å². The van der Waals surface area contributed by atoms with Gasteiger partial charge in [0.1, 0.15) is 13.2 Å². The largest absolute Gasteiger partial charge is 0.490 e. The molecule has 182 valence electrons. The van der Waals surface area contributed by atoms with Crippen LogP contribution in [0, 0.1) is 12.3 Å². The Morgan fingerprint density at radius 3 is 2.72 bits per heavy atom. The molecule has 36 heavy (non-hydrogen) atoms. The summed E-state index contributed by atoms with van der Waals surface area (Å²) >= 11 is 4.22. The number of amides is 3. The molecule has 1 fully saturated rings. The summed E-state index contributed by atoms with van der Waals surface area (Å²) in [6, 6.07) is 16.6. The fourth-order valence-corrected chi connectivity index (χ4v) is 5.06. The number of hydrogen-bond donors (Lipinski definition) is 1. The predicted molar refractivity (Wildman–Crippen MR) is 145 cm³/mol. The minimum atomic E-state index is -0.542. The van der Waals surface area contributed by atoms with Crippen molar-refractivity contribution in [1.29, 1.82) is 0 Å². The van der Waals surface area contributed by atoms with Crippen molar-refractivity contribution < 1.29 is 23.9 Å². The molecule has 0 atom stereocenters. The molecule has 9 heteroatoms. The van der Waals surface area contributed by atoms with Gasteiger partial charge in [-0.05, 0) is 69.8 Å². The first-order valence-corrected chi connectivity index (χ1v) is 12.6. The van der Waals surface area contributed by atoms with Crippen LogP contribution in [0.5, 0.6) is 11.5 Å². The standard InChI is InChI=1S/C27H21BrN2O5S/c1-3-12-35-25-20(28)13-17(14-22(25)34-4-2)15-23-26(32)30(27(33)36-23)16-24(31)29-21-11-7-9-18-8-5-6-10-19(18)21/h1,5-11,13-15H,4,12,16H2,2H3,(H,29,31)/b23-15-. The van der Waals surface area contributed by atoms with Gasteiger partial charge in [-0.15, -0.1) is 6.42 Å². The number of fused-ring (bicyclic) bond motifs is 1. The van der Waals surface area contributed by atoms with Crippen molar-refractivity contribution in [3.8, 4) is 23.8 Å². The highest BCUT2D eigenvalue weighted by Gasteiger charge is 2.36. The lowest BCUT2D eigenvalue weighted by atomic mass is 10.1. The molecule has 7 nitrogen and oxygen atoms in total. The van der Waals surface area contributed by atoms with E-state index in [1.165, 1.54) is 0 Å². The number of carbonyl (C=O) groups excluding carboxylic acids is 3. The third-order valence-corrected chi connectivity index (χ3v) is 6.66. The third-order valence-electron chi connectivity index (χ3n) is 5.17. The fraction of sp³-hybridized carbons (Fsp3) is 0.148. The second kappa shape index (κ2) is 11.3. The van der Waals surface area contributed by atoms with Gasteiger partial charge in [0.2, 0.25) is 5.91 Å². The lowest BCUT2D eigenvalue weighted by molar-refractivity contribution is -0.127. The van der Waals surface area contributed by atoms with E-state index >= 15 is 0 Å². The Hall–Kier alpha value is -3.74. The summed E-state index contributed by atoms with van der Waals surface area (Å²) in [7, 11) is 0. The molecule has 0 spiro atoms. The van der Waals surface area contributed by atoms with E-state index in [2.05, 4.69) is 27.2 Å². The lowest BCUT2D eigenvalue weighted by Crippen LogP contribution is -2.36. The van der Waals surface area contributed by atoms with Gasteiger partial charge in [-0.1, -0.05) is 42.3 Å². The molecule has 0 radical (unpaired) electrons. The molecule has 3 aromatic carbocycles. The van der Waals surface area contributed by atoms with Gasteiger partial charge in [0.15, 0.2) is 11.5 Å². The number of carbonyl (C=O) groups is 3. The zero-order valence-corrected chi connectivity index (χ0v) is 21.6. The van der Waals surface area contributed by atoms with Gasteiger partial charge in [-0.3, -0.25) is 19.3 Å². The van der Waals surface area contributed by atoms with Gasteiger partial charge in [0.25, 0.3) is 11.1 Å². The Morgan fingerprint density at radius 2 is 1.94 bits per heavy atom. The molecule has 0 saturated carbocycles. The van der Waals surface area contributed by atoms with E-state index in [1.807, 2.05) is 43.3 Å². The van der Waals surface area contributed by atoms with Crippen molar-refractivity contribution in [1.82, 2.24) is 4.90 Å². The van der Waals surface area contributed by atoms with E-state index in [0.717, 1.165) is 27.4 Å². The van der Waals surface area contributed by atoms with Crippen LogP contribution in [0.25, 0.3) is 16.8 Å². The van der Waals surface area contributed by atoms with Crippen LogP contribution in [-0.2, 0) is 9.59 Å². The first-order valence-electron chi connectivity index (χ1n) is 11.0. The van der Waals surface area contributed by atoms with E-state index in [0.29, 0.717) is 33.8 Å². The number of nitrogens with zero attached hydrogens (tertiary/aromatic N) is 1. The smallest absolute Gasteiger partial charge is 0.294 e. The number of ether oxygens (including phenoxy) is 2. The predicted octanol–water partition coefficient (Wildman–Crippen LogP) is 5.69. The number of halogens is 1. The summed E-state index contributed by atoms with van der Waals surface area (Å²) in [5.74, 6) is 2.29. The summed E-state index contributed by atoms with van der Waals surface area (Å²) in [4.78, 5) is 39.4. The van der Waals surface area contributed by atoms with E-state index in [1.54, 1.807) is 24.3 Å². The monoisotopic (exact) mass is 564 g/mol. The molecule has 3 amide bonds. The van der Waals surface area contributed by atoms with Crippen LogP contribution in [-0.4, -0.2) is 41.7 Å². The van der Waals surface area contributed by atoms with Gasteiger partial charge < -0.3 is 14.8 Å². The molecular formula is C27H21BrN2O5S. The van der Waals surface area contributed by atoms with Crippen LogP contribution in [0.3, 0.4) is 0 Å². The zero-order chi connectivity index (χ0) is 25.7. The van der Waals surface area contributed by atoms with Gasteiger partial charge in [0.05, 0.1) is 16.0 Å². The van der Waals surface area contributed by atoms with Crippen LogP contribution in [0.15, 0.2) is 64.0 Å². The average molecular weight is 565 g/mol. The first-order chi connectivity index (χ1) is 17.4. The minimum Gasteiger partial charge on any atom is -0.490 e. The van der Waals surface area contributed by atoms with Gasteiger partial charge in [-0.25, -0.2) is 0 Å². The normalized spacial score (nSPS) is 14.2. The molecule has 3 aromatic rings. The number of anilines is 1. The summed E-state index contributed by atoms with van der Waals surface area (Å²) in [5.41, 5.74) is 1.23. The van der Waals surface area contributed by atoms with Crippen molar-refractivity contribution in [2.24, 2.45) is 0 Å². The Labute approximate surface area is 221 Å². The Kier molecular flexibility index (Phi) is 7.98. The molecular weight excluding hydrogens is 544 g/mol. The fourth-order valence-electron chi connectivity index (χ4n) is 3.64. The second-order valence-corrected chi connectivity index (χ2v) is 9.45. The molecule has 1 aliphatic rings. The summed E-state index contributed by atoms with van der Waals surface area (Å²) in [6.45, 7) is 1.90. The van der Waals surface area contributed by atoms with Crippen molar-refractivity contribution in [3.63, 3.8) is 0 Å². The van der Waals surface area contributed by atoms with Gasteiger partial charge in [0, 0.05) is 11.1 Å². The molecule has 4 rings (SSSR count). The number of rotatable bonds is 8. The topological polar surface area (TPSA) is 84.9 Å². The molecule has 1 aliphatic heterocycles. The molecule has 1 N–H and O–H groups in total. The number of imide groups is 1. The van der Waals surface area contributed by atoms with E-state index < -0.39 is 23.6 Å². The molecule has 1 saturated heterocycles. The number of nitrogens with one attached hydrogen (secondary N) is 1. The van der Waals surface area contributed by atoms with E-state index in [-0.39, 0.29) is 11.5 Å². The minimum absolute atomic E-state index is 0.0672. The summed E-state index contributed by atoms with van der Waals surface area (Å²) in [5, 5.41) is 4.13. The van der Waals surface area contributed by atoms with Crippen molar-refractivity contribution in [3.05, 3.63) is 69.5 Å². The van der Waals surface area contributed by atoms with Crippen LogP contribution in [0.1, 0.15) is 12.5 Å². The van der Waals surface area contributed by atoms with Crippen molar-refractivity contribution in [2.45, 2.75) is 6.92 Å². The molecule has 1 heterocycles. The van der Waals surface area contributed by atoms with Crippen molar-refractivity contribution >= 4 is 67.3 Å². The maximum atomic E-state index is 13.0. The highest BCUT2D eigenvalue weighted by Crippen LogP contribution is 2.39. The van der Waals surface area contributed by atoms with Crippen molar-refractivity contribution in [2.75, 3.05) is 25.1 Å². The molecule has 0 aliphatic carbocycles. The molecule has 0 bridgehead atoms. The highest BCUT2D eigenvalue weighted by atomic mass is 79.9. The maximum Gasteiger partial charge on any atom is 0.294 e. The number of benzene rings is 3. The van der Waals surface area contributed by atoms with E-state index in [9.17, 15) is 14.4 Å². The second-order valence-electron chi connectivity index (χ2n) is 7.60. The summed E-state index contributed by atoms with van der Waals surface area (Å²) in [6.07, 6.45) is 6.86. The Bertz CT molecular complexity index is 1420. The van der Waals surface area contributed by atoms with E-state index in [4.69, 9.17) is 15.9 Å². The number of thioether (sulfide) groups is 1. The zero-order valence-electron chi connectivity index (χ0n) is 19.2. The average Bonchev–Trinajstić information content (AvgIpc) is 3.11. The highest BCUT2D eigenvalue weighted by molar-refractivity contribution is 9.10. The van der Waals surface area contributed by atoms with Crippen LogP contribution in [0.4, 0.5) is 10.5 Å². The maximum absolute atomic E-state index is 13.0. The van der Waals surface area contributed by atoms with Crippen LogP contribution in [0.2, 0.25) is 0 Å². The molecule has 0 aromatic heterocycles. The van der Waals surface area contributed by atoms with Crippen LogP contribution < -0.4 is 14.8 Å². The third kappa shape index (κ3) is 5.56. The SMILES string of the molecule is C#CCOc1c(Br)cc(/C=C2\SC(=O)N(CC(=O)Nc3cccc4ccccc34)C2=O)cc1OCC. The Morgan fingerprint density at radius 1 is 1.17 bits per heavy atom. The Balaban J connectivity index is 1.51. The molecule has 0 unspecified atom stereocenters. The lowest BCUT2D eigenvalue weighted by Gasteiger charge is -2.14. The van der Waals surface area contributed by atoms with Gasteiger partial charge >= 0.3 is 0 Å². The number of terminal acetylenes is 1. The van der Waals surface area contributed by atoms with Crippen LogP contribution >= 0.6 is 27.7 Å². The quantitative estimate of drug-likeness (QED) is 0.279.